The van der Waals surface area contributed by atoms with Gasteiger partial charge in [-0.05, 0) is 51.0 Å². The molecule has 8 nitrogen and oxygen atoms in total. The molecule has 2 aromatic rings. The van der Waals surface area contributed by atoms with Gasteiger partial charge >= 0.3 is 0 Å². The van der Waals surface area contributed by atoms with Crippen LogP contribution in [0.5, 0.6) is 5.75 Å². The second kappa shape index (κ2) is 8.50. The number of halogens is 1. The van der Waals surface area contributed by atoms with Crippen molar-refractivity contribution in [2.24, 2.45) is 0 Å². The molecule has 1 aliphatic rings. The third-order valence-corrected chi connectivity index (χ3v) is 7.08. The van der Waals surface area contributed by atoms with E-state index in [2.05, 4.69) is 15.5 Å². The number of carbonyl (C=O) groups excluding carboxylic acids is 1. The Kier molecular flexibility index (Phi) is 6.26. The van der Waals surface area contributed by atoms with E-state index in [-0.39, 0.29) is 23.5 Å². The molecule has 0 atom stereocenters. The summed E-state index contributed by atoms with van der Waals surface area (Å²) in [5.41, 5.74) is 1.000. The number of amides is 1. The van der Waals surface area contributed by atoms with Gasteiger partial charge in [0.2, 0.25) is 10.0 Å². The fraction of sp³-hybridized carbons (Fsp3) is 0.444. The molecule has 1 aliphatic heterocycles. The van der Waals surface area contributed by atoms with Crippen molar-refractivity contribution >= 4 is 27.5 Å². The summed E-state index contributed by atoms with van der Waals surface area (Å²) in [6, 6.07) is 6.68. The molecule has 0 bridgehead atoms. The van der Waals surface area contributed by atoms with Gasteiger partial charge in [0.1, 0.15) is 10.6 Å². The molecule has 2 heterocycles. The van der Waals surface area contributed by atoms with Crippen molar-refractivity contribution in [1.29, 1.82) is 0 Å². The third-order valence-electron chi connectivity index (χ3n) is 4.66. The Hall–Kier alpha value is -2.10. The van der Waals surface area contributed by atoms with Gasteiger partial charge in [0.05, 0.1) is 11.4 Å². The maximum absolute atomic E-state index is 12.9. The van der Waals surface area contributed by atoms with E-state index in [9.17, 15) is 13.2 Å². The largest absolute Gasteiger partial charge is 0.484 e. The quantitative estimate of drug-likeness (QED) is 0.735. The maximum Gasteiger partial charge on any atom is 0.258 e. The Morgan fingerprint density at radius 2 is 1.93 bits per heavy atom. The van der Waals surface area contributed by atoms with Crippen molar-refractivity contribution in [3.8, 4) is 5.75 Å². The Balaban J connectivity index is 1.50. The summed E-state index contributed by atoms with van der Waals surface area (Å²) >= 11 is 5.81. The number of benzene rings is 1. The van der Waals surface area contributed by atoms with Crippen molar-refractivity contribution < 1.29 is 17.9 Å². The molecule has 1 aromatic carbocycles. The molecule has 28 heavy (non-hydrogen) atoms. The summed E-state index contributed by atoms with van der Waals surface area (Å²) in [6.07, 6.45) is 1.09. The van der Waals surface area contributed by atoms with Gasteiger partial charge in [-0.3, -0.25) is 9.89 Å². The Bertz CT molecular complexity index is 915. The number of aromatic amines is 1. The van der Waals surface area contributed by atoms with Crippen LogP contribution in [0.3, 0.4) is 0 Å². The zero-order chi connectivity index (χ0) is 20.3. The SMILES string of the molecule is Cc1n[nH]c(C)c1S(=O)(=O)N1CCC(NC(=O)COc2ccc(Cl)cc2)CC1. The van der Waals surface area contributed by atoms with Crippen LogP contribution in [0.1, 0.15) is 24.2 Å². The van der Waals surface area contributed by atoms with E-state index in [1.54, 1.807) is 38.1 Å². The Morgan fingerprint density at radius 3 is 2.50 bits per heavy atom. The number of rotatable bonds is 6. The van der Waals surface area contributed by atoms with Crippen molar-refractivity contribution in [2.75, 3.05) is 19.7 Å². The normalized spacial score (nSPS) is 16.1. The molecule has 1 saturated heterocycles. The predicted molar refractivity (Wildman–Crippen MR) is 105 cm³/mol. The zero-order valence-corrected chi connectivity index (χ0v) is 17.3. The van der Waals surface area contributed by atoms with Crippen LogP contribution in [-0.4, -0.2) is 54.6 Å². The number of carbonyl (C=O) groups is 1. The highest BCUT2D eigenvalue weighted by atomic mass is 35.5. The lowest BCUT2D eigenvalue weighted by atomic mass is 10.1. The number of hydrogen-bond acceptors (Lipinski definition) is 5. The number of piperidine rings is 1. The monoisotopic (exact) mass is 426 g/mol. The van der Waals surface area contributed by atoms with E-state index in [0.717, 1.165) is 0 Å². The fourth-order valence-corrected chi connectivity index (χ4v) is 5.17. The lowest BCUT2D eigenvalue weighted by Gasteiger charge is -2.31. The molecule has 152 valence electrons. The van der Waals surface area contributed by atoms with Gasteiger partial charge in [0.25, 0.3) is 5.91 Å². The molecular formula is C18H23ClN4O4S. The van der Waals surface area contributed by atoms with Crippen LogP contribution in [-0.2, 0) is 14.8 Å². The minimum absolute atomic E-state index is 0.0840. The molecule has 1 amide bonds. The summed E-state index contributed by atoms with van der Waals surface area (Å²) in [5.74, 6) is 0.323. The summed E-state index contributed by atoms with van der Waals surface area (Å²) in [6.45, 7) is 3.95. The topological polar surface area (TPSA) is 104 Å². The summed E-state index contributed by atoms with van der Waals surface area (Å²) in [7, 11) is -3.59. The molecule has 0 spiro atoms. The fourth-order valence-electron chi connectivity index (χ4n) is 3.24. The number of hydrogen-bond donors (Lipinski definition) is 2. The summed E-state index contributed by atoms with van der Waals surface area (Å²) in [5, 5.41) is 10.2. The first-order chi connectivity index (χ1) is 13.3. The lowest BCUT2D eigenvalue weighted by molar-refractivity contribution is -0.124. The van der Waals surface area contributed by atoms with Crippen molar-refractivity contribution in [3.05, 3.63) is 40.7 Å². The first-order valence-corrected chi connectivity index (χ1v) is 10.8. The third kappa shape index (κ3) is 4.65. The van der Waals surface area contributed by atoms with Crippen molar-refractivity contribution in [1.82, 2.24) is 19.8 Å². The second-order valence-corrected chi connectivity index (χ2v) is 9.06. The molecule has 0 unspecified atom stereocenters. The van der Waals surface area contributed by atoms with E-state index < -0.39 is 10.0 Å². The first-order valence-electron chi connectivity index (χ1n) is 8.97. The molecule has 0 radical (unpaired) electrons. The Labute approximate surface area is 169 Å². The zero-order valence-electron chi connectivity index (χ0n) is 15.7. The van der Waals surface area contributed by atoms with Crippen LogP contribution in [0.2, 0.25) is 5.02 Å². The summed E-state index contributed by atoms with van der Waals surface area (Å²) in [4.78, 5) is 12.3. The van der Waals surface area contributed by atoms with E-state index in [4.69, 9.17) is 16.3 Å². The Morgan fingerprint density at radius 1 is 1.29 bits per heavy atom. The van der Waals surface area contributed by atoms with Crippen molar-refractivity contribution in [3.63, 3.8) is 0 Å². The van der Waals surface area contributed by atoms with E-state index in [1.165, 1.54) is 4.31 Å². The molecular weight excluding hydrogens is 404 g/mol. The smallest absolute Gasteiger partial charge is 0.258 e. The highest BCUT2D eigenvalue weighted by Crippen LogP contribution is 2.24. The van der Waals surface area contributed by atoms with Crippen LogP contribution >= 0.6 is 11.6 Å². The van der Waals surface area contributed by atoms with Crippen LogP contribution in [0.15, 0.2) is 29.2 Å². The molecule has 0 aliphatic carbocycles. The first kappa shape index (κ1) is 20.6. The lowest BCUT2D eigenvalue weighted by Crippen LogP contribution is -2.47. The summed E-state index contributed by atoms with van der Waals surface area (Å²) < 4.78 is 32.6. The number of aromatic nitrogens is 2. The van der Waals surface area contributed by atoms with E-state index in [0.29, 0.717) is 48.1 Å². The van der Waals surface area contributed by atoms with Gasteiger partial charge < -0.3 is 10.1 Å². The number of aryl methyl sites for hydroxylation is 2. The minimum Gasteiger partial charge on any atom is -0.484 e. The molecule has 1 fully saturated rings. The van der Waals surface area contributed by atoms with Gasteiger partial charge in [-0.2, -0.15) is 9.40 Å². The number of H-pyrrole nitrogens is 1. The number of ether oxygens (including phenoxy) is 1. The van der Waals surface area contributed by atoms with E-state index in [1.807, 2.05) is 0 Å². The number of nitrogens with one attached hydrogen (secondary N) is 2. The van der Waals surface area contributed by atoms with Gasteiger partial charge in [-0.15, -0.1) is 0 Å². The number of sulfonamides is 1. The van der Waals surface area contributed by atoms with Crippen LogP contribution < -0.4 is 10.1 Å². The molecule has 3 rings (SSSR count). The predicted octanol–water partition coefficient (Wildman–Crippen LogP) is 2.03. The second-order valence-electron chi connectivity index (χ2n) is 6.75. The van der Waals surface area contributed by atoms with Crippen molar-refractivity contribution in [2.45, 2.75) is 37.6 Å². The molecule has 2 N–H and O–H groups in total. The maximum atomic E-state index is 12.9. The van der Waals surface area contributed by atoms with Gasteiger partial charge in [0.15, 0.2) is 6.61 Å². The van der Waals surface area contributed by atoms with Crippen LogP contribution in [0, 0.1) is 13.8 Å². The van der Waals surface area contributed by atoms with Crippen LogP contribution in [0.4, 0.5) is 0 Å². The van der Waals surface area contributed by atoms with Gasteiger partial charge in [-0.1, -0.05) is 11.6 Å². The molecule has 10 heteroatoms. The standard InChI is InChI=1S/C18H23ClN4O4S/c1-12-18(13(2)22-21-12)28(25,26)23-9-7-15(8-10-23)20-17(24)11-27-16-5-3-14(19)4-6-16/h3-6,15H,7-11H2,1-2H3,(H,20,24)(H,21,22). The van der Waals surface area contributed by atoms with Crippen LogP contribution in [0.25, 0.3) is 0 Å². The highest BCUT2D eigenvalue weighted by molar-refractivity contribution is 7.89. The molecule has 1 aromatic heterocycles. The van der Waals surface area contributed by atoms with Gasteiger partial charge in [0, 0.05) is 24.2 Å². The van der Waals surface area contributed by atoms with Gasteiger partial charge in [-0.25, -0.2) is 8.42 Å². The van der Waals surface area contributed by atoms with E-state index >= 15 is 0 Å². The number of nitrogens with zero attached hydrogens (tertiary/aromatic N) is 2. The average molecular weight is 427 g/mol. The molecule has 0 saturated carbocycles. The highest BCUT2D eigenvalue weighted by Gasteiger charge is 2.33. The minimum atomic E-state index is -3.59. The average Bonchev–Trinajstić information content (AvgIpc) is 3.01.